The Hall–Kier alpha value is -2.14. The average molecular weight is 443 g/mol. The van der Waals surface area contributed by atoms with Gasteiger partial charge in [0.1, 0.15) is 0 Å². The van der Waals surface area contributed by atoms with Gasteiger partial charge in [0.25, 0.3) is 5.91 Å². The summed E-state index contributed by atoms with van der Waals surface area (Å²) >= 11 is 3.59. The van der Waals surface area contributed by atoms with Crippen molar-refractivity contribution < 1.29 is 9.59 Å². The molecule has 2 aromatic rings. The second-order valence-corrected chi connectivity index (χ2v) is 9.32. The quantitative estimate of drug-likeness (QED) is 0.690. The molecule has 0 spiro atoms. The number of nitrogens with zero attached hydrogens (tertiary/aromatic N) is 1. The molecule has 2 aromatic carbocycles. The van der Waals surface area contributed by atoms with Gasteiger partial charge in [-0.15, -0.1) is 0 Å². The molecule has 28 heavy (non-hydrogen) atoms. The molecular weight excluding hydrogens is 416 g/mol. The fourth-order valence-electron chi connectivity index (χ4n) is 3.06. The van der Waals surface area contributed by atoms with Gasteiger partial charge in [-0.25, -0.2) is 0 Å². The van der Waals surface area contributed by atoms with E-state index in [0.29, 0.717) is 18.7 Å². The molecule has 0 atom stereocenters. The molecule has 0 saturated heterocycles. The summed E-state index contributed by atoms with van der Waals surface area (Å²) in [5.74, 6) is 0.236. The number of hydrogen-bond donors (Lipinski definition) is 1. The number of amides is 2. The minimum atomic E-state index is -0.300. The van der Waals surface area contributed by atoms with Crippen LogP contribution >= 0.6 is 15.9 Å². The summed E-state index contributed by atoms with van der Waals surface area (Å²) in [5.41, 5.74) is 2.35. The highest BCUT2D eigenvalue weighted by molar-refractivity contribution is 9.10. The van der Waals surface area contributed by atoms with Crippen molar-refractivity contribution in [3.63, 3.8) is 0 Å². The number of carbonyl (C=O) groups is 2. The lowest BCUT2D eigenvalue weighted by molar-refractivity contribution is -0.133. The van der Waals surface area contributed by atoms with Crippen LogP contribution in [0.25, 0.3) is 0 Å². The minimum Gasteiger partial charge on any atom is -0.347 e. The molecule has 1 saturated carbocycles. The van der Waals surface area contributed by atoms with E-state index in [4.69, 9.17) is 0 Å². The predicted molar refractivity (Wildman–Crippen MR) is 115 cm³/mol. The molecule has 0 aromatic heterocycles. The molecule has 0 unspecified atom stereocenters. The standard InChI is InChI=1S/C23H27BrN2O2/c1-23(2,3)25-21(27)18-11-12-20(24)19(13-18)15-26(22(28)17-9-10-17)14-16-7-5-4-6-8-16/h4-8,11-13,17H,9-10,14-15H2,1-3H3,(H,25,27). The Morgan fingerprint density at radius 3 is 2.36 bits per heavy atom. The van der Waals surface area contributed by atoms with Gasteiger partial charge in [-0.2, -0.15) is 0 Å². The summed E-state index contributed by atoms with van der Waals surface area (Å²) < 4.78 is 0.904. The molecule has 1 aliphatic carbocycles. The van der Waals surface area contributed by atoms with Gasteiger partial charge >= 0.3 is 0 Å². The lowest BCUT2D eigenvalue weighted by Crippen LogP contribution is -2.40. The number of benzene rings is 2. The van der Waals surface area contributed by atoms with E-state index in [1.165, 1.54) is 0 Å². The maximum atomic E-state index is 12.9. The van der Waals surface area contributed by atoms with E-state index in [9.17, 15) is 9.59 Å². The highest BCUT2D eigenvalue weighted by Crippen LogP contribution is 2.32. The van der Waals surface area contributed by atoms with E-state index >= 15 is 0 Å². The van der Waals surface area contributed by atoms with Crippen LogP contribution in [0.4, 0.5) is 0 Å². The van der Waals surface area contributed by atoms with E-state index in [1.807, 2.05) is 68.1 Å². The van der Waals surface area contributed by atoms with Crippen LogP contribution < -0.4 is 5.32 Å². The largest absolute Gasteiger partial charge is 0.347 e. The van der Waals surface area contributed by atoms with E-state index in [0.717, 1.165) is 28.4 Å². The van der Waals surface area contributed by atoms with Crippen LogP contribution in [-0.2, 0) is 17.9 Å². The Morgan fingerprint density at radius 2 is 1.75 bits per heavy atom. The van der Waals surface area contributed by atoms with Gasteiger partial charge in [0.2, 0.25) is 5.91 Å². The lowest BCUT2D eigenvalue weighted by Gasteiger charge is -2.24. The third-order valence-electron chi connectivity index (χ3n) is 4.61. The van der Waals surface area contributed by atoms with Crippen LogP contribution in [0.2, 0.25) is 0 Å². The average Bonchev–Trinajstić information content (AvgIpc) is 3.47. The van der Waals surface area contributed by atoms with Gasteiger partial charge in [-0.05, 0) is 62.9 Å². The fraction of sp³-hybridized carbons (Fsp3) is 0.391. The zero-order chi connectivity index (χ0) is 20.3. The van der Waals surface area contributed by atoms with Gasteiger partial charge in [-0.1, -0.05) is 46.3 Å². The van der Waals surface area contributed by atoms with Crippen LogP contribution in [0.3, 0.4) is 0 Å². The van der Waals surface area contributed by atoms with Gasteiger partial charge in [-0.3, -0.25) is 9.59 Å². The van der Waals surface area contributed by atoms with E-state index in [-0.39, 0.29) is 23.3 Å². The molecule has 0 aliphatic heterocycles. The first kappa shape index (κ1) is 20.6. The van der Waals surface area contributed by atoms with Crippen molar-refractivity contribution in [1.82, 2.24) is 10.2 Å². The Kier molecular flexibility index (Phi) is 6.23. The summed E-state index contributed by atoms with van der Waals surface area (Å²) in [4.78, 5) is 27.3. The number of hydrogen-bond acceptors (Lipinski definition) is 2. The first-order valence-corrected chi connectivity index (χ1v) is 10.5. The number of carbonyl (C=O) groups excluding carboxylic acids is 2. The maximum Gasteiger partial charge on any atom is 0.251 e. The molecule has 5 heteroatoms. The van der Waals surface area contributed by atoms with Crippen molar-refractivity contribution in [3.05, 3.63) is 69.7 Å². The lowest BCUT2D eigenvalue weighted by atomic mass is 10.1. The van der Waals surface area contributed by atoms with Crippen LogP contribution in [-0.4, -0.2) is 22.3 Å². The molecule has 148 valence electrons. The van der Waals surface area contributed by atoms with Gasteiger partial charge in [0, 0.05) is 34.6 Å². The first-order valence-electron chi connectivity index (χ1n) is 9.66. The molecule has 0 radical (unpaired) electrons. The Balaban J connectivity index is 1.82. The van der Waals surface area contributed by atoms with Crippen molar-refractivity contribution in [2.75, 3.05) is 0 Å². The summed E-state index contributed by atoms with van der Waals surface area (Å²) in [7, 11) is 0. The van der Waals surface area contributed by atoms with E-state index in [2.05, 4.69) is 21.2 Å². The third-order valence-corrected chi connectivity index (χ3v) is 5.39. The first-order chi connectivity index (χ1) is 13.2. The molecule has 0 heterocycles. The Morgan fingerprint density at radius 1 is 1.07 bits per heavy atom. The Labute approximate surface area is 175 Å². The maximum absolute atomic E-state index is 12.9. The topological polar surface area (TPSA) is 49.4 Å². The van der Waals surface area contributed by atoms with Crippen LogP contribution in [0.1, 0.15) is 55.1 Å². The minimum absolute atomic E-state index is 0.107. The Bertz CT molecular complexity index is 855. The summed E-state index contributed by atoms with van der Waals surface area (Å²) in [6.45, 7) is 6.92. The molecular formula is C23H27BrN2O2. The summed E-state index contributed by atoms with van der Waals surface area (Å²) in [6, 6.07) is 15.6. The molecule has 1 fully saturated rings. The van der Waals surface area contributed by atoms with E-state index < -0.39 is 0 Å². The number of nitrogens with one attached hydrogen (secondary N) is 1. The monoisotopic (exact) mass is 442 g/mol. The summed E-state index contributed by atoms with van der Waals surface area (Å²) in [6.07, 6.45) is 1.94. The van der Waals surface area contributed by atoms with Crippen molar-refractivity contribution in [2.45, 2.75) is 52.2 Å². The second-order valence-electron chi connectivity index (χ2n) is 8.46. The SMILES string of the molecule is CC(C)(C)NC(=O)c1ccc(Br)c(CN(Cc2ccccc2)C(=O)C2CC2)c1. The third kappa shape index (κ3) is 5.68. The van der Waals surface area contributed by atoms with Crippen molar-refractivity contribution in [2.24, 2.45) is 5.92 Å². The molecule has 3 rings (SSSR count). The number of halogens is 1. The van der Waals surface area contributed by atoms with Crippen molar-refractivity contribution in [1.29, 1.82) is 0 Å². The number of rotatable bonds is 6. The predicted octanol–water partition coefficient (Wildman–Crippen LogP) is 4.92. The highest BCUT2D eigenvalue weighted by atomic mass is 79.9. The molecule has 1 N–H and O–H groups in total. The zero-order valence-electron chi connectivity index (χ0n) is 16.7. The molecule has 0 bridgehead atoms. The summed E-state index contributed by atoms with van der Waals surface area (Å²) in [5, 5.41) is 2.99. The van der Waals surface area contributed by atoms with Crippen molar-refractivity contribution >= 4 is 27.7 Å². The van der Waals surface area contributed by atoms with Crippen LogP contribution in [0.15, 0.2) is 53.0 Å². The highest BCUT2D eigenvalue weighted by Gasteiger charge is 2.33. The molecule has 2 amide bonds. The normalized spacial score (nSPS) is 13.9. The zero-order valence-corrected chi connectivity index (χ0v) is 18.3. The van der Waals surface area contributed by atoms with Crippen LogP contribution in [0.5, 0.6) is 0 Å². The van der Waals surface area contributed by atoms with E-state index in [1.54, 1.807) is 6.07 Å². The van der Waals surface area contributed by atoms with Gasteiger partial charge < -0.3 is 10.2 Å². The van der Waals surface area contributed by atoms with Crippen molar-refractivity contribution in [3.8, 4) is 0 Å². The smallest absolute Gasteiger partial charge is 0.251 e. The molecule has 1 aliphatic rings. The fourth-order valence-corrected chi connectivity index (χ4v) is 3.43. The van der Waals surface area contributed by atoms with Gasteiger partial charge in [0.05, 0.1) is 0 Å². The molecule has 4 nitrogen and oxygen atoms in total. The van der Waals surface area contributed by atoms with Gasteiger partial charge in [0.15, 0.2) is 0 Å². The van der Waals surface area contributed by atoms with Crippen LogP contribution in [0, 0.1) is 5.92 Å². The second kappa shape index (κ2) is 8.48.